The quantitative estimate of drug-likeness (QED) is 0.104. The van der Waals surface area contributed by atoms with Gasteiger partial charge in [-0.05, 0) is 62.0 Å². The van der Waals surface area contributed by atoms with Gasteiger partial charge in [0.15, 0.2) is 5.96 Å². The average molecular weight is 669 g/mol. The van der Waals surface area contributed by atoms with E-state index in [1.807, 2.05) is 23.1 Å². The zero-order valence-electron chi connectivity index (χ0n) is 27.3. The fourth-order valence-corrected chi connectivity index (χ4v) is 7.75. The lowest BCUT2D eigenvalue weighted by molar-refractivity contribution is -0.132. The standard InChI is InChI=1S/C34H52N8O4S/c35-31(44)27(15-7-17-38-34(36)37)40-32(45)28-22-47-21-24-11-6-10-23(19-24)9-4-5-16-29(43)42-18-8-14-26(42)20-39-30(33(46)41-28)25-12-2-1-3-13-25/h4-6,10-11,19,25-28,30,39H,1-3,7-9,12-18,20-22H2,(H2,35,44)(H,40,45)(H,41,46)(H4,36,37,38). The van der Waals surface area contributed by atoms with Gasteiger partial charge in [0.2, 0.25) is 23.6 Å². The van der Waals surface area contributed by atoms with Crippen LogP contribution < -0.4 is 33.2 Å². The highest BCUT2D eigenvalue weighted by Gasteiger charge is 2.35. The third-order valence-corrected chi connectivity index (χ3v) is 10.4. The molecule has 0 aromatic heterocycles. The van der Waals surface area contributed by atoms with Crippen LogP contribution in [0.1, 0.15) is 75.3 Å². The summed E-state index contributed by atoms with van der Waals surface area (Å²) in [5.74, 6) is -0.242. The van der Waals surface area contributed by atoms with Crippen LogP contribution in [0.5, 0.6) is 0 Å². The number of carbonyl (C=O) groups excluding carboxylic acids is 4. The van der Waals surface area contributed by atoms with E-state index in [0.717, 1.165) is 62.5 Å². The van der Waals surface area contributed by atoms with Gasteiger partial charge in [0.05, 0.1) is 6.04 Å². The van der Waals surface area contributed by atoms with Gasteiger partial charge in [-0.1, -0.05) is 55.7 Å². The first-order valence-corrected chi connectivity index (χ1v) is 18.2. The molecular weight excluding hydrogens is 616 g/mol. The largest absolute Gasteiger partial charge is 0.370 e. The van der Waals surface area contributed by atoms with Gasteiger partial charge in [0.25, 0.3) is 0 Å². The van der Waals surface area contributed by atoms with E-state index in [-0.39, 0.29) is 36.2 Å². The lowest BCUT2D eigenvalue weighted by Crippen LogP contribution is -2.59. The summed E-state index contributed by atoms with van der Waals surface area (Å²) in [6, 6.07) is 5.92. The highest BCUT2D eigenvalue weighted by atomic mass is 32.2. The minimum Gasteiger partial charge on any atom is -0.370 e. The summed E-state index contributed by atoms with van der Waals surface area (Å²) in [6.45, 7) is 1.53. The molecule has 1 saturated heterocycles. The Labute approximate surface area is 282 Å². The molecule has 2 aliphatic heterocycles. The van der Waals surface area contributed by atoms with Gasteiger partial charge in [-0.3, -0.25) is 24.2 Å². The van der Waals surface area contributed by atoms with Crippen molar-refractivity contribution in [3.05, 3.63) is 47.5 Å². The summed E-state index contributed by atoms with van der Waals surface area (Å²) < 4.78 is 0. The lowest BCUT2D eigenvalue weighted by Gasteiger charge is -2.33. The van der Waals surface area contributed by atoms with Crippen LogP contribution in [0.2, 0.25) is 0 Å². The van der Waals surface area contributed by atoms with Crippen molar-refractivity contribution < 1.29 is 19.2 Å². The number of primary amides is 1. The molecule has 12 nitrogen and oxygen atoms in total. The number of hydrogen-bond donors (Lipinski definition) is 6. The van der Waals surface area contributed by atoms with Crippen molar-refractivity contribution in [2.24, 2.45) is 28.1 Å². The Morgan fingerprint density at radius 3 is 2.55 bits per heavy atom. The van der Waals surface area contributed by atoms with Crippen LogP contribution >= 0.6 is 11.8 Å². The number of amides is 4. The van der Waals surface area contributed by atoms with Gasteiger partial charge in [0, 0.05) is 43.6 Å². The van der Waals surface area contributed by atoms with Crippen LogP contribution in [0.15, 0.2) is 41.4 Å². The van der Waals surface area contributed by atoms with Crippen molar-refractivity contribution in [3.8, 4) is 0 Å². The van der Waals surface area contributed by atoms with E-state index in [1.54, 1.807) is 11.8 Å². The number of guanidine groups is 1. The van der Waals surface area contributed by atoms with Gasteiger partial charge in [-0.2, -0.15) is 11.8 Å². The molecule has 2 bridgehead atoms. The van der Waals surface area contributed by atoms with Gasteiger partial charge in [-0.25, -0.2) is 0 Å². The van der Waals surface area contributed by atoms with E-state index in [1.165, 1.54) is 0 Å². The molecule has 3 aliphatic rings. The van der Waals surface area contributed by atoms with Gasteiger partial charge in [-0.15, -0.1) is 0 Å². The fourth-order valence-electron chi connectivity index (χ4n) is 6.75. The number of fused-ring (bicyclic) bond motifs is 3. The molecule has 4 rings (SSSR count). The van der Waals surface area contributed by atoms with E-state index >= 15 is 0 Å². The summed E-state index contributed by atoms with van der Waals surface area (Å²) in [7, 11) is 0. The van der Waals surface area contributed by atoms with E-state index in [4.69, 9.17) is 17.2 Å². The van der Waals surface area contributed by atoms with Crippen molar-refractivity contribution in [2.75, 3.05) is 25.4 Å². The Hall–Kier alpha value is -3.58. The number of allylic oxidation sites excluding steroid dienone is 1. The van der Waals surface area contributed by atoms with Gasteiger partial charge in [0.1, 0.15) is 12.1 Å². The normalized spacial score (nSPS) is 24.2. The number of hydrogen-bond acceptors (Lipinski definition) is 7. The second-order valence-corrected chi connectivity index (χ2v) is 13.9. The van der Waals surface area contributed by atoms with E-state index in [9.17, 15) is 19.2 Å². The van der Waals surface area contributed by atoms with Crippen LogP contribution in [-0.2, 0) is 31.4 Å². The topological polar surface area (TPSA) is 198 Å². The second-order valence-electron chi connectivity index (χ2n) is 12.9. The molecule has 9 N–H and O–H groups in total. The van der Waals surface area contributed by atoms with Crippen molar-refractivity contribution >= 4 is 41.4 Å². The van der Waals surface area contributed by atoms with Crippen molar-refractivity contribution in [1.82, 2.24) is 20.9 Å². The maximum Gasteiger partial charge on any atom is 0.244 e. The number of nitrogens with two attached hydrogens (primary N) is 3. The molecular formula is C34H52N8O4S. The van der Waals surface area contributed by atoms with Crippen LogP contribution in [-0.4, -0.2) is 84.0 Å². The number of benzene rings is 1. The van der Waals surface area contributed by atoms with Crippen LogP contribution in [0, 0.1) is 5.92 Å². The van der Waals surface area contributed by atoms with Crippen molar-refractivity contribution in [1.29, 1.82) is 0 Å². The Morgan fingerprint density at radius 1 is 1.02 bits per heavy atom. The molecule has 0 radical (unpaired) electrons. The monoisotopic (exact) mass is 668 g/mol. The minimum absolute atomic E-state index is 0.0125. The molecule has 1 aliphatic carbocycles. The van der Waals surface area contributed by atoms with Crippen LogP contribution in [0.3, 0.4) is 0 Å². The maximum absolute atomic E-state index is 14.1. The molecule has 0 spiro atoms. The van der Waals surface area contributed by atoms with Gasteiger partial charge < -0.3 is 38.1 Å². The molecule has 258 valence electrons. The molecule has 1 saturated carbocycles. The molecule has 2 heterocycles. The molecule has 4 unspecified atom stereocenters. The highest BCUT2D eigenvalue weighted by molar-refractivity contribution is 7.98. The number of nitrogens with one attached hydrogen (secondary N) is 3. The number of nitrogens with zero attached hydrogens (tertiary/aromatic N) is 2. The first-order valence-electron chi connectivity index (χ1n) is 17.0. The first kappa shape index (κ1) is 36.3. The third-order valence-electron chi connectivity index (χ3n) is 9.27. The summed E-state index contributed by atoms with van der Waals surface area (Å²) in [4.78, 5) is 59.2. The molecule has 13 heteroatoms. The predicted molar refractivity (Wildman–Crippen MR) is 186 cm³/mol. The number of aliphatic imine (C=N–C) groups is 1. The summed E-state index contributed by atoms with van der Waals surface area (Å²) >= 11 is 1.54. The number of rotatable bonds is 8. The summed E-state index contributed by atoms with van der Waals surface area (Å²) in [6.07, 6.45) is 12.7. The summed E-state index contributed by atoms with van der Waals surface area (Å²) in [5.41, 5.74) is 18.7. The molecule has 1 aromatic carbocycles. The zero-order chi connectivity index (χ0) is 33.6. The fraction of sp³-hybridized carbons (Fsp3) is 0.618. The SMILES string of the molecule is NC(=O)C(CCCN=C(N)N)NC(=O)C1CSCc2cccc(c2)CC=CCC(=O)N2CCCC2CNC(C2CCCCC2)C(=O)N1. The van der Waals surface area contributed by atoms with E-state index in [0.29, 0.717) is 44.0 Å². The molecule has 1 aromatic rings. The minimum atomic E-state index is -0.932. The lowest BCUT2D eigenvalue weighted by atomic mass is 9.83. The van der Waals surface area contributed by atoms with Crippen LogP contribution in [0.4, 0.5) is 0 Å². The Balaban J connectivity index is 1.56. The molecule has 4 atom stereocenters. The van der Waals surface area contributed by atoms with E-state index < -0.39 is 29.9 Å². The highest BCUT2D eigenvalue weighted by Crippen LogP contribution is 2.28. The summed E-state index contributed by atoms with van der Waals surface area (Å²) in [5, 5.41) is 9.37. The van der Waals surface area contributed by atoms with Gasteiger partial charge >= 0.3 is 0 Å². The smallest absolute Gasteiger partial charge is 0.244 e. The molecule has 2 fully saturated rings. The average Bonchev–Trinajstić information content (AvgIpc) is 3.53. The first-order chi connectivity index (χ1) is 22.7. The third kappa shape index (κ3) is 11.6. The van der Waals surface area contributed by atoms with E-state index in [2.05, 4.69) is 39.2 Å². The zero-order valence-corrected chi connectivity index (χ0v) is 28.1. The number of carbonyl (C=O) groups is 4. The Morgan fingerprint density at radius 2 is 1.79 bits per heavy atom. The van der Waals surface area contributed by atoms with Crippen molar-refractivity contribution in [2.45, 2.75) is 101 Å². The molecule has 4 amide bonds. The van der Waals surface area contributed by atoms with Crippen LogP contribution in [0.25, 0.3) is 0 Å². The number of thioether (sulfide) groups is 1. The second kappa shape index (κ2) is 18.7. The Kier molecular flexibility index (Phi) is 14.4. The Bertz CT molecular complexity index is 1280. The molecule has 47 heavy (non-hydrogen) atoms. The van der Waals surface area contributed by atoms with Crippen molar-refractivity contribution in [3.63, 3.8) is 0 Å². The maximum atomic E-state index is 14.1. The predicted octanol–water partition coefficient (Wildman–Crippen LogP) is 1.46.